The number of halogens is 4. The van der Waals surface area contributed by atoms with E-state index in [1.807, 2.05) is 0 Å². The maximum atomic E-state index is 13.1. The van der Waals surface area contributed by atoms with Crippen LogP contribution in [-0.2, 0) is 6.18 Å². The Balaban J connectivity index is 2.83. The van der Waals surface area contributed by atoms with E-state index in [-0.39, 0.29) is 16.9 Å². The van der Waals surface area contributed by atoms with Gasteiger partial charge in [-0.25, -0.2) is 9.37 Å². The molecule has 1 heterocycles. The first-order valence-electron chi connectivity index (χ1n) is 4.11. The number of hydrogen-bond acceptors (Lipinski definition) is 1. The summed E-state index contributed by atoms with van der Waals surface area (Å²) in [5.74, 6) is -0.487. The molecular formula is C9H6F4N2. The van der Waals surface area contributed by atoms with Crippen LogP contribution in [0, 0.1) is 12.7 Å². The molecule has 0 aliphatic heterocycles. The van der Waals surface area contributed by atoms with E-state index in [0.717, 1.165) is 6.07 Å². The first-order valence-corrected chi connectivity index (χ1v) is 4.11. The summed E-state index contributed by atoms with van der Waals surface area (Å²) >= 11 is 0. The predicted octanol–water partition coefficient (Wildman–Crippen LogP) is 3.03. The summed E-state index contributed by atoms with van der Waals surface area (Å²) in [4.78, 5) is 6.08. The van der Waals surface area contributed by atoms with Crippen LogP contribution in [0.5, 0.6) is 0 Å². The monoisotopic (exact) mass is 218 g/mol. The molecule has 0 unspecified atom stereocenters. The molecule has 6 heteroatoms. The fourth-order valence-corrected chi connectivity index (χ4v) is 1.41. The van der Waals surface area contributed by atoms with E-state index >= 15 is 0 Å². The number of alkyl halides is 3. The highest BCUT2D eigenvalue weighted by atomic mass is 19.4. The van der Waals surface area contributed by atoms with E-state index in [1.165, 1.54) is 6.92 Å². The number of aromatic amines is 1. The van der Waals surface area contributed by atoms with Gasteiger partial charge in [0.15, 0.2) is 0 Å². The Bertz CT molecular complexity index is 513. The van der Waals surface area contributed by atoms with Gasteiger partial charge in [0, 0.05) is 0 Å². The third-order valence-electron chi connectivity index (χ3n) is 2.02. The second-order valence-corrected chi connectivity index (χ2v) is 3.14. The molecule has 2 rings (SSSR count). The van der Waals surface area contributed by atoms with Gasteiger partial charge in [0.2, 0.25) is 0 Å². The van der Waals surface area contributed by atoms with Crippen LogP contribution in [0.3, 0.4) is 0 Å². The molecule has 0 amide bonds. The predicted molar refractivity (Wildman–Crippen MR) is 45.8 cm³/mol. The van der Waals surface area contributed by atoms with Gasteiger partial charge in [0.05, 0.1) is 5.56 Å². The smallest absolute Gasteiger partial charge is 0.340 e. The van der Waals surface area contributed by atoms with E-state index in [0.29, 0.717) is 6.07 Å². The SMILES string of the molecule is Cc1nc2c(C(F)(F)F)ccc(F)c2[nH]1. The highest BCUT2D eigenvalue weighted by Gasteiger charge is 2.34. The second-order valence-electron chi connectivity index (χ2n) is 3.14. The standard InChI is InChI=1S/C9H6F4N2/c1-4-14-7-5(9(11,12)13)2-3-6(10)8(7)15-4/h2-3H,1H3,(H,14,15). The van der Waals surface area contributed by atoms with Crippen molar-refractivity contribution in [1.29, 1.82) is 0 Å². The van der Waals surface area contributed by atoms with Crippen LogP contribution in [0.25, 0.3) is 11.0 Å². The summed E-state index contributed by atoms with van der Waals surface area (Å²) in [7, 11) is 0. The van der Waals surface area contributed by atoms with Crippen molar-refractivity contribution < 1.29 is 17.6 Å². The van der Waals surface area contributed by atoms with Gasteiger partial charge < -0.3 is 4.98 Å². The maximum absolute atomic E-state index is 13.1. The number of fused-ring (bicyclic) bond motifs is 1. The van der Waals surface area contributed by atoms with Crippen molar-refractivity contribution in [2.75, 3.05) is 0 Å². The van der Waals surface area contributed by atoms with E-state index in [2.05, 4.69) is 9.97 Å². The number of hydrogen-bond donors (Lipinski definition) is 1. The molecule has 0 bridgehead atoms. The molecule has 0 saturated carbocycles. The molecule has 15 heavy (non-hydrogen) atoms. The number of aryl methyl sites for hydroxylation is 1. The number of nitrogens with zero attached hydrogens (tertiary/aromatic N) is 1. The van der Waals surface area contributed by atoms with Crippen molar-refractivity contribution >= 4 is 11.0 Å². The zero-order valence-electron chi connectivity index (χ0n) is 7.61. The van der Waals surface area contributed by atoms with Gasteiger partial charge in [0.25, 0.3) is 0 Å². The van der Waals surface area contributed by atoms with E-state index < -0.39 is 17.6 Å². The summed E-state index contributed by atoms with van der Waals surface area (Å²) in [6.45, 7) is 1.47. The molecule has 0 spiro atoms. The molecule has 0 radical (unpaired) electrons. The molecular weight excluding hydrogens is 212 g/mol. The van der Waals surface area contributed by atoms with Gasteiger partial charge in [-0.2, -0.15) is 13.2 Å². The quantitative estimate of drug-likeness (QED) is 0.676. The second kappa shape index (κ2) is 2.95. The van der Waals surface area contributed by atoms with Crippen molar-refractivity contribution in [2.24, 2.45) is 0 Å². The van der Waals surface area contributed by atoms with Crippen molar-refractivity contribution in [3.8, 4) is 0 Å². The summed E-state index contributed by atoms with van der Waals surface area (Å²) in [5.41, 5.74) is -1.51. The minimum Gasteiger partial charge on any atom is -0.340 e. The molecule has 0 aliphatic rings. The van der Waals surface area contributed by atoms with Crippen LogP contribution in [0.2, 0.25) is 0 Å². The minimum atomic E-state index is -4.52. The highest BCUT2D eigenvalue weighted by molar-refractivity contribution is 5.80. The molecule has 80 valence electrons. The van der Waals surface area contributed by atoms with Crippen LogP contribution in [-0.4, -0.2) is 9.97 Å². The lowest BCUT2D eigenvalue weighted by Crippen LogP contribution is -2.06. The molecule has 0 atom stereocenters. The lowest BCUT2D eigenvalue weighted by molar-refractivity contribution is -0.136. The molecule has 1 aromatic heterocycles. The number of imidazole rings is 1. The average Bonchev–Trinajstić information content (AvgIpc) is 2.45. The minimum absolute atomic E-state index is 0.206. The number of rotatable bonds is 0. The fraction of sp³-hybridized carbons (Fsp3) is 0.222. The molecule has 1 aromatic carbocycles. The average molecular weight is 218 g/mol. The summed E-state index contributed by atoms with van der Waals surface area (Å²) < 4.78 is 50.6. The first kappa shape index (κ1) is 9.95. The Morgan fingerprint density at radius 3 is 2.53 bits per heavy atom. The zero-order valence-corrected chi connectivity index (χ0v) is 7.61. The zero-order chi connectivity index (χ0) is 11.2. The van der Waals surface area contributed by atoms with Crippen LogP contribution in [0.1, 0.15) is 11.4 Å². The van der Waals surface area contributed by atoms with Gasteiger partial charge in [-0.3, -0.25) is 0 Å². The Hall–Kier alpha value is -1.59. The van der Waals surface area contributed by atoms with E-state index in [1.54, 1.807) is 0 Å². The lowest BCUT2D eigenvalue weighted by atomic mass is 10.1. The lowest BCUT2D eigenvalue weighted by Gasteiger charge is -2.06. The molecule has 2 nitrogen and oxygen atoms in total. The molecule has 2 aromatic rings. The maximum Gasteiger partial charge on any atom is 0.418 e. The van der Waals surface area contributed by atoms with Crippen LogP contribution < -0.4 is 0 Å². The summed E-state index contributed by atoms with van der Waals surface area (Å²) in [6.07, 6.45) is -4.52. The third kappa shape index (κ3) is 1.55. The number of benzene rings is 1. The Morgan fingerprint density at radius 2 is 1.93 bits per heavy atom. The summed E-state index contributed by atoms with van der Waals surface area (Å²) in [6, 6.07) is 1.47. The van der Waals surface area contributed by atoms with E-state index in [9.17, 15) is 17.6 Å². The van der Waals surface area contributed by atoms with Crippen molar-refractivity contribution in [3.63, 3.8) is 0 Å². The van der Waals surface area contributed by atoms with Crippen molar-refractivity contribution in [1.82, 2.24) is 9.97 Å². The van der Waals surface area contributed by atoms with Crippen molar-refractivity contribution in [3.05, 3.63) is 29.3 Å². The number of aromatic nitrogens is 2. The largest absolute Gasteiger partial charge is 0.418 e. The molecule has 0 saturated heterocycles. The normalized spacial score (nSPS) is 12.3. The van der Waals surface area contributed by atoms with Gasteiger partial charge in [-0.15, -0.1) is 0 Å². The van der Waals surface area contributed by atoms with Gasteiger partial charge in [-0.05, 0) is 19.1 Å². The summed E-state index contributed by atoms with van der Waals surface area (Å²) in [5, 5.41) is 0. The van der Waals surface area contributed by atoms with Gasteiger partial charge in [-0.1, -0.05) is 0 Å². The Morgan fingerprint density at radius 1 is 1.27 bits per heavy atom. The Labute approximate surface area is 81.9 Å². The van der Waals surface area contributed by atoms with Crippen LogP contribution in [0.4, 0.5) is 17.6 Å². The van der Waals surface area contributed by atoms with Crippen LogP contribution >= 0.6 is 0 Å². The third-order valence-corrected chi connectivity index (χ3v) is 2.02. The highest BCUT2D eigenvalue weighted by Crippen LogP contribution is 2.34. The topological polar surface area (TPSA) is 28.7 Å². The Kier molecular flexibility index (Phi) is 1.95. The van der Waals surface area contributed by atoms with Gasteiger partial charge >= 0.3 is 6.18 Å². The van der Waals surface area contributed by atoms with Gasteiger partial charge in [0.1, 0.15) is 22.7 Å². The number of H-pyrrole nitrogens is 1. The molecule has 0 aliphatic carbocycles. The first-order chi connectivity index (χ1) is 6.89. The van der Waals surface area contributed by atoms with Crippen molar-refractivity contribution in [2.45, 2.75) is 13.1 Å². The van der Waals surface area contributed by atoms with E-state index in [4.69, 9.17) is 0 Å². The fourth-order valence-electron chi connectivity index (χ4n) is 1.41. The molecule has 0 fully saturated rings. The molecule has 1 N–H and O–H groups in total. The number of nitrogens with one attached hydrogen (secondary N) is 1. The van der Waals surface area contributed by atoms with Crippen LogP contribution in [0.15, 0.2) is 12.1 Å².